The molecule has 4 rings (SSSR count). The molecule has 4 aromatic rings. The van der Waals surface area contributed by atoms with Gasteiger partial charge in [0.1, 0.15) is 17.1 Å². The van der Waals surface area contributed by atoms with Crippen LogP contribution in [0.5, 0.6) is 11.5 Å². The summed E-state index contributed by atoms with van der Waals surface area (Å²) in [5.41, 5.74) is 2.30. The zero-order valence-corrected chi connectivity index (χ0v) is 19.1. The molecule has 0 aliphatic rings. The number of rotatable bonds is 7. The van der Waals surface area contributed by atoms with Gasteiger partial charge in [-0.25, -0.2) is 0 Å². The van der Waals surface area contributed by atoms with Crippen LogP contribution in [-0.2, 0) is 4.79 Å². The van der Waals surface area contributed by atoms with E-state index in [1.165, 1.54) is 0 Å². The van der Waals surface area contributed by atoms with E-state index < -0.39 is 5.91 Å². The van der Waals surface area contributed by atoms with Crippen molar-refractivity contribution in [1.82, 2.24) is 0 Å². The minimum Gasteiger partial charge on any atom is -0.496 e. The van der Waals surface area contributed by atoms with Crippen LogP contribution < -0.4 is 14.8 Å². The van der Waals surface area contributed by atoms with Crippen LogP contribution in [0.4, 0.5) is 5.69 Å². The Balaban J connectivity index is 1.61. The summed E-state index contributed by atoms with van der Waals surface area (Å²) >= 11 is 3.39. The quantitative estimate of drug-likeness (QED) is 0.331. The largest absolute Gasteiger partial charge is 0.496 e. The van der Waals surface area contributed by atoms with Crippen LogP contribution in [0.1, 0.15) is 21.7 Å². The van der Waals surface area contributed by atoms with Gasteiger partial charge >= 0.3 is 0 Å². The number of fused-ring (bicyclic) bond motifs is 1. The second kappa shape index (κ2) is 9.28. The molecule has 7 heteroatoms. The number of hydrogen-bond donors (Lipinski definition) is 1. The van der Waals surface area contributed by atoms with Gasteiger partial charge in [0.15, 0.2) is 12.4 Å². The minimum atomic E-state index is -0.401. The standard InChI is InChI=1S/C25H20BrNO5/c1-15-7-10-17(11-8-15)31-14-22(28)27-23-18-5-3-4-6-20(18)32-25(23)24(29)16-9-12-21(30-2)19(26)13-16/h3-13H,14H2,1-2H3,(H,27,28). The van der Waals surface area contributed by atoms with Gasteiger partial charge in [0.05, 0.1) is 17.3 Å². The number of benzene rings is 3. The Hall–Kier alpha value is -3.58. The van der Waals surface area contributed by atoms with Crippen LogP contribution in [-0.4, -0.2) is 25.4 Å². The number of amides is 1. The fourth-order valence-corrected chi connectivity index (χ4v) is 3.77. The van der Waals surface area contributed by atoms with E-state index in [-0.39, 0.29) is 18.2 Å². The molecule has 1 N–H and O–H groups in total. The molecule has 1 amide bonds. The third-order valence-electron chi connectivity index (χ3n) is 4.87. The summed E-state index contributed by atoms with van der Waals surface area (Å²) in [4.78, 5) is 25.9. The van der Waals surface area contributed by atoms with Gasteiger partial charge in [-0.15, -0.1) is 0 Å². The van der Waals surface area contributed by atoms with E-state index >= 15 is 0 Å². The second-order valence-electron chi connectivity index (χ2n) is 7.13. The lowest BCUT2D eigenvalue weighted by molar-refractivity contribution is -0.118. The highest BCUT2D eigenvalue weighted by molar-refractivity contribution is 9.10. The van der Waals surface area contributed by atoms with Gasteiger partial charge in [-0.1, -0.05) is 29.8 Å². The Morgan fingerprint density at radius 3 is 2.50 bits per heavy atom. The summed E-state index contributed by atoms with van der Waals surface area (Å²) in [5, 5.41) is 3.42. The third kappa shape index (κ3) is 4.53. The number of ketones is 1. The van der Waals surface area contributed by atoms with Gasteiger partial charge in [0, 0.05) is 10.9 Å². The molecule has 32 heavy (non-hydrogen) atoms. The van der Waals surface area contributed by atoms with E-state index in [9.17, 15) is 9.59 Å². The Labute approximate surface area is 193 Å². The predicted molar refractivity (Wildman–Crippen MR) is 126 cm³/mol. The number of para-hydroxylation sites is 1. The molecule has 162 valence electrons. The van der Waals surface area contributed by atoms with E-state index in [0.717, 1.165) is 5.56 Å². The normalized spacial score (nSPS) is 10.7. The van der Waals surface area contributed by atoms with Gasteiger partial charge in [0.25, 0.3) is 5.91 Å². The van der Waals surface area contributed by atoms with Gasteiger partial charge in [-0.2, -0.15) is 0 Å². The first kappa shape index (κ1) is 21.6. The lowest BCUT2D eigenvalue weighted by Gasteiger charge is -2.09. The molecular formula is C25H20BrNO5. The number of carbonyl (C=O) groups is 2. The van der Waals surface area contributed by atoms with Gasteiger partial charge in [-0.3, -0.25) is 9.59 Å². The van der Waals surface area contributed by atoms with Crippen LogP contribution >= 0.6 is 15.9 Å². The number of ether oxygens (including phenoxy) is 2. The predicted octanol–water partition coefficient (Wildman–Crippen LogP) is 5.76. The number of halogens is 1. The summed E-state index contributed by atoms with van der Waals surface area (Å²) in [5.74, 6) is 0.475. The number of aryl methyl sites for hydroxylation is 1. The second-order valence-corrected chi connectivity index (χ2v) is 7.99. The lowest BCUT2D eigenvalue weighted by atomic mass is 10.1. The number of hydrogen-bond acceptors (Lipinski definition) is 5. The Kier molecular flexibility index (Phi) is 6.28. The number of carbonyl (C=O) groups excluding carboxylic acids is 2. The van der Waals surface area contributed by atoms with Crippen molar-refractivity contribution >= 4 is 44.3 Å². The first-order valence-corrected chi connectivity index (χ1v) is 10.6. The van der Waals surface area contributed by atoms with Crippen molar-refractivity contribution < 1.29 is 23.5 Å². The van der Waals surface area contributed by atoms with Crippen LogP contribution in [0.2, 0.25) is 0 Å². The molecule has 0 spiro atoms. The molecule has 0 unspecified atom stereocenters. The third-order valence-corrected chi connectivity index (χ3v) is 5.49. The average Bonchev–Trinajstić information content (AvgIpc) is 3.16. The highest BCUT2D eigenvalue weighted by Gasteiger charge is 2.24. The molecule has 0 bridgehead atoms. The van der Waals surface area contributed by atoms with Gasteiger partial charge < -0.3 is 19.2 Å². The van der Waals surface area contributed by atoms with Crippen LogP contribution in [0.3, 0.4) is 0 Å². The summed E-state index contributed by atoms with van der Waals surface area (Å²) in [7, 11) is 1.55. The molecule has 6 nitrogen and oxygen atoms in total. The molecule has 0 aliphatic carbocycles. The Morgan fingerprint density at radius 2 is 1.78 bits per heavy atom. The molecule has 0 saturated heterocycles. The number of anilines is 1. The summed E-state index contributed by atoms with van der Waals surface area (Å²) < 4.78 is 17.3. The van der Waals surface area contributed by atoms with E-state index in [4.69, 9.17) is 13.9 Å². The molecule has 1 heterocycles. The number of methoxy groups -OCH3 is 1. The van der Waals surface area contributed by atoms with E-state index in [1.807, 2.05) is 25.1 Å². The van der Waals surface area contributed by atoms with E-state index in [1.54, 1.807) is 55.6 Å². The first-order valence-electron chi connectivity index (χ1n) is 9.85. The Bertz CT molecular complexity index is 1290. The van der Waals surface area contributed by atoms with Gasteiger partial charge in [0.2, 0.25) is 5.78 Å². The molecule has 0 atom stereocenters. The van der Waals surface area contributed by atoms with Crippen molar-refractivity contribution in [3.63, 3.8) is 0 Å². The van der Waals surface area contributed by atoms with Crippen LogP contribution in [0.15, 0.2) is 75.6 Å². The highest BCUT2D eigenvalue weighted by atomic mass is 79.9. The maximum Gasteiger partial charge on any atom is 0.262 e. The molecular weight excluding hydrogens is 474 g/mol. The fourth-order valence-electron chi connectivity index (χ4n) is 3.23. The molecule has 0 radical (unpaired) electrons. The van der Waals surface area contributed by atoms with E-state index in [0.29, 0.717) is 38.2 Å². The molecule has 3 aromatic carbocycles. The van der Waals surface area contributed by atoms with Gasteiger partial charge in [-0.05, 0) is 65.3 Å². The average molecular weight is 494 g/mol. The highest BCUT2D eigenvalue weighted by Crippen LogP contribution is 2.34. The van der Waals surface area contributed by atoms with Crippen LogP contribution in [0, 0.1) is 6.92 Å². The Morgan fingerprint density at radius 1 is 1.03 bits per heavy atom. The first-order chi connectivity index (χ1) is 15.5. The van der Waals surface area contributed by atoms with E-state index in [2.05, 4.69) is 21.2 Å². The lowest BCUT2D eigenvalue weighted by Crippen LogP contribution is -2.21. The summed E-state index contributed by atoms with van der Waals surface area (Å²) in [6, 6.07) is 19.5. The number of nitrogens with one attached hydrogen (secondary N) is 1. The summed E-state index contributed by atoms with van der Waals surface area (Å²) in [6.07, 6.45) is 0. The topological polar surface area (TPSA) is 77.8 Å². The molecule has 1 aromatic heterocycles. The molecule has 0 aliphatic heterocycles. The monoisotopic (exact) mass is 493 g/mol. The molecule has 0 saturated carbocycles. The van der Waals surface area contributed by atoms with Crippen molar-refractivity contribution in [1.29, 1.82) is 0 Å². The SMILES string of the molecule is COc1ccc(C(=O)c2oc3ccccc3c2NC(=O)COc2ccc(C)cc2)cc1Br. The maximum atomic E-state index is 13.2. The smallest absolute Gasteiger partial charge is 0.262 e. The van der Waals surface area contributed by atoms with Crippen LogP contribution in [0.25, 0.3) is 11.0 Å². The zero-order chi connectivity index (χ0) is 22.7. The van der Waals surface area contributed by atoms with Crippen molar-refractivity contribution in [2.75, 3.05) is 19.0 Å². The fraction of sp³-hybridized carbons (Fsp3) is 0.120. The summed E-state index contributed by atoms with van der Waals surface area (Å²) in [6.45, 7) is 1.77. The van der Waals surface area contributed by atoms with Crippen molar-refractivity contribution in [3.05, 3.63) is 88.1 Å². The molecule has 0 fully saturated rings. The maximum absolute atomic E-state index is 13.2. The van der Waals surface area contributed by atoms with Crippen molar-refractivity contribution in [2.24, 2.45) is 0 Å². The van der Waals surface area contributed by atoms with Crippen molar-refractivity contribution in [3.8, 4) is 11.5 Å². The minimum absolute atomic E-state index is 0.0481. The zero-order valence-electron chi connectivity index (χ0n) is 17.5. The number of furan rings is 1. The van der Waals surface area contributed by atoms with Crippen molar-refractivity contribution in [2.45, 2.75) is 6.92 Å².